The summed E-state index contributed by atoms with van der Waals surface area (Å²) < 4.78 is 6.05. The van der Waals surface area contributed by atoms with Crippen molar-refractivity contribution in [3.8, 4) is 0 Å². The molecule has 1 amide bonds. The van der Waals surface area contributed by atoms with Gasteiger partial charge in [-0.05, 0) is 44.4 Å². The van der Waals surface area contributed by atoms with Gasteiger partial charge >= 0.3 is 0 Å². The Balaban J connectivity index is 1.50. The summed E-state index contributed by atoms with van der Waals surface area (Å²) in [4.78, 5) is 11.8. The standard InChI is InChI=1S/C15H26N2O2/c16-14(18)15(17-12-5-6-12)8-7-13(9-15)19-10-11-3-1-2-4-11/h11-13,17H,1-10H2,(H2,16,18). The first-order valence-electron chi connectivity index (χ1n) is 7.87. The van der Waals surface area contributed by atoms with E-state index in [0.29, 0.717) is 6.04 Å². The highest BCUT2D eigenvalue weighted by atomic mass is 16.5. The molecule has 3 N–H and O–H groups in total. The normalized spacial score (nSPS) is 35.9. The Bertz CT molecular complexity index is 337. The first kappa shape index (κ1) is 13.4. The summed E-state index contributed by atoms with van der Waals surface area (Å²) in [7, 11) is 0. The molecule has 0 aromatic carbocycles. The largest absolute Gasteiger partial charge is 0.378 e. The summed E-state index contributed by atoms with van der Waals surface area (Å²) in [5, 5.41) is 3.47. The molecule has 19 heavy (non-hydrogen) atoms. The van der Waals surface area contributed by atoms with E-state index in [1.54, 1.807) is 0 Å². The molecule has 3 aliphatic rings. The predicted octanol–water partition coefficient (Wildman–Crippen LogP) is 1.72. The molecular formula is C15H26N2O2. The maximum Gasteiger partial charge on any atom is 0.237 e. The minimum Gasteiger partial charge on any atom is -0.378 e. The van der Waals surface area contributed by atoms with Crippen molar-refractivity contribution >= 4 is 5.91 Å². The highest BCUT2D eigenvalue weighted by molar-refractivity contribution is 5.85. The van der Waals surface area contributed by atoms with Crippen LogP contribution in [0, 0.1) is 5.92 Å². The molecule has 2 unspecified atom stereocenters. The Hall–Kier alpha value is -0.610. The summed E-state index contributed by atoms with van der Waals surface area (Å²) in [6.07, 6.45) is 10.5. The molecule has 3 saturated carbocycles. The van der Waals surface area contributed by atoms with Gasteiger partial charge in [0.2, 0.25) is 5.91 Å². The van der Waals surface area contributed by atoms with E-state index in [2.05, 4.69) is 5.32 Å². The minimum atomic E-state index is -0.485. The quantitative estimate of drug-likeness (QED) is 0.769. The van der Waals surface area contributed by atoms with Crippen LogP contribution in [-0.2, 0) is 9.53 Å². The number of nitrogens with two attached hydrogens (primary N) is 1. The lowest BCUT2D eigenvalue weighted by Gasteiger charge is -2.27. The van der Waals surface area contributed by atoms with Crippen LogP contribution < -0.4 is 11.1 Å². The second-order valence-corrected chi connectivity index (χ2v) is 6.71. The van der Waals surface area contributed by atoms with Crippen LogP contribution in [0.4, 0.5) is 0 Å². The van der Waals surface area contributed by atoms with Crippen LogP contribution in [0.3, 0.4) is 0 Å². The van der Waals surface area contributed by atoms with E-state index >= 15 is 0 Å². The van der Waals surface area contributed by atoms with Crippen molar-refractivity contribution in [2.75, 3.05) is 6.61 Å². The first-order chi connectivity index (χ1) is 9.18. The van der Waals surface area contributed by atoms with Crippen molar-refractivity contribution in [2.24, 2.45) is 11.7 Å². The van der Waals surface area contributed by atoms with Gasteiger partial charge in [-0.2, -0.15) is 0 Å². The maximum absolute atomic E-state index is 11.8. The van der Waals surface area contributed by atoms with E-state index in [0.717, 1.165) is 31.8 Å². The molecule has 0 spiro atoms. The number of hydrogen-bond donors (Lipinski definition) is 2. The third kappa shape index (κ3) is 3.11. The fraction of sp³-hybridized carbons (Fsp3) is 0.933. The van der Waals surface area contributed by atoms with Crippen LogP contribution in [0.15, 0.2) is 0 Å². The molecule has 4 nitrogen and oxygen atoms in total. The van der Waals surface area contributed by atoms with E-state index in [1.165, 1.54) is 38.5 Å². The molecule has 3 rings (SSSR count). The minimum absolute atomic E-state index is 0.189. The van der Waals surface area contributed by atoms with Gasteiger partial charge in [-0.25, -0.2) is 0 Å². The van der Waals surface area contributed by atoms with Crippen molar-refractivity contribution in [3.63, 3.8) is 0 Å². The van der Waals surface area contributed by atoms with Gasteiger partial charge in [0.1, 0.15) is 5.54 Å². The van der Waals surface area contributed by atoms with Gasteiger partial charge in [0.05, 0.1) is 6.10 Å². The monoisotopic (exact) mass is 266 g/mol. The number of rotatable bonds is 6. The van der Waals surface area contributed by atoms with Crippen LogP contribution in [0.5, 0.6) is 0 Å². The average molecular weight is 266 g/mol. The molecule has 3 aliphatic carbocycles. The molecular weight excluding hydrogens is 240 g/mol. The van der Waals surface area contributed by atoms with Gasteiger partial charge in [-0.15, -0.1) is 0 Å². The average Bonchev–Trinajstić information content (AvgIpc) is 2.91. The number of hydrogen-bond acceptors (Lipinski definition) is 3. The highest BCUT2D eigenvalue weighted by Gasteiger charge is 2.47. The maximum atomic E-state index is 11.8. The summed E-state index contributed by atoms with van der Waals surface area (Å²) in [5.41, 5.74) is 5.15. The molecule has 0 aromatic rings. The molecule has 0 saturated heterocycles. The van der Waals surface area contributed by atoms with E-state index in [4.69, 9.17) is 10.5 Å². The number of ether oxygens (including phenoxy) is 1. The Kier molecular flexibility index (Phi) is 3.81. The van der Waals surface area contributed by atoms with Gasteiger partial charge in [0.25, 0.3) is 0 Å². The fourth-order valence-electron chi connectivity index (χ4n) is 3.64. The van der Waals surface area contributed by atoms with E-state index in [1.807, 2.05) is 0 Å². The van der Waals surface area contributed by atoms with Crippen LogP contribution in [0.2, 0.25) is 0 Å². The number of carbonyl (C=O) groups excluding carboxylic acids is 1. The predicted molar refractivity (Wildman–Crippen MR) is 73.6 cm³/mol. The second kappa shape index (κ2) is 5.41. The van der Waals surface area contributed by atoms with E-state index in [-0.39, 0.29) is 12.0 Å². The molecule has 0 bridgehead atoms. The zero-order valence-corrected chi connectivity index (χ0v) is 11.7. The second-order valence-electron chi connectivity index (χ2n) is 6.71. The summed E-state index contributed by atoms with van der Waals surface area (Å²) in [6, 6.07) is 0.515. The smallest absolute Gasteiger partial charge is 0.237 e. The molecule has 0 aromatic heterocycles. The number of carbonyl (C=O) groups is 1. The van der Waals surface area contributed by atoms with Crippen LogP contribution >= 0.6 is 0 Å². The molecule has 4 heteroatoms. The van der Waals surface area contributed by atoms with E-state index in [9.17, 15) is 4.79 Å². The Morgan fingerprint density at radius 1 is 1.21 bits per heavy atom. The van der Waals surface area contributed by atoms with Gasteiger partial charge in [-0.1, -0.05) is 12.8 Å². The molecule has 2 atom stereocenters. The van der Waals surface area contributed by atoms with Gasteiger partial charge in [0, 0.05) is 19.1 Å². The fourth-order valence-corrected chi connectivity index (χ4v) is 3.64. The molecule has 0 radical (unpaired) electrons. The number of nitrogens with one attached hydrogen (secondary N) is 1. The highest BCUT2D eigenvalue weighted by Crippen LogP contribution is 2.36. The van der Waals surface area contributed by atoms with Crippen molar-refractivity contribution in [1.29, 1.82) is 0 Å². The third-order valence-corrected chi connectivity index (χ3v) is 5.04. The molecule has 0 aliphatic heterocycles. The zero-order valence-electron chi connectivity index (χ0n) is 11.7. The summed E-state index contributed by atoms with van der Waals surface area (Å²) in [6.45, 7) is 0.878. The molecule has 3 fully saturated rings. The van der Waals surface area contributed by atoms with Crippen molar-refractivity contribution in [1.82, 2.24) is 5.32 Å². The summed E-state index contributed by atoms with van der Waals surface area (Å²) in [5.74, 6) is 0.561. The van der Waals surface area contributed by atoms with E-state index < -0.39 is 5.54 Å². The molecule has 108 valence electrons. The zero-order chi connectivity index (χ0) is 13.3. The number of amides is 1. The van der Waals surface area contributed by atoms with Gasteiger partial charge in [-0.3, -0.25) is 4.79 Å². The topological polar surface area (TPSA) is 64.4 Å². The van der Waals surface area contributed by atoms with Crippen molar-refractivity contribution in [2.45, 2.75) is 75.5 Å². The number of primary amides is 1. The summed E-state index contributed by atoms with van der Waals surface area (Å²) >= 11 is 0. The third-order valence-electron chi connectivity index (χ3n) is 5.04. The van der Waals surface area contributed by atoms with Crippen LogP contribution in [0.25, 0.3) is 0 Å². The Morgan fingerprint density at radius 3 is 2.58 bits per heavy atom. The SMILES string of the molecule is NC(=O)C1(NC2CC2)CCC(OCC2CCCC2)C1. The lowest BCUT2D eigenvalue weighted by molar-refractivity contribution is -0.124. The van der Waals surface area contributed by atoms with Gasteiger partial charge < -0.3 is 15.8 Å². The lowest BCUT2D eigenvalue weighted by atomic mass is 9.96. The molecule has 0 heterocycles. The van der Waals surface area contributed by atoms with Gasteiger partial charge in [0.15, 0.2) is 0 Å². The Labute approximate surface area is 115 Å². The van der Waals surface area contributed by atoms with Crippen LogP contribution in [-0.4, -0.2) is 30.2 Å². The Morgan fingerprint density at radius 2 is 1.95 bits per heavy atom. The first-order valence-corrected chi connectivity index (χ1v) is 7.87. The van der Waals surface area contributed by atoms with Crippen LogP contribution in [0.1, 0.15) is 57.8 Å². The van der Waals surface area contributed by atoms with Crippen molar-refractivity contribution in [3.05, 3.63) is 0 Å². The lowest BCUT2D eigenvalue weighted by Crippen LogP contribution is -2.54. The van der Waals surface area contributed by atoms with Crippen molar-refractivity contribution < 1.29 is 9.53 Å².